The predicted octanol–water partition coefficient (Wildman–Crippen LogP) is -0.368. The molecule has 1 aliphatic heterocycles. The summed E-state index contributed by atoms with van der Waals surface area (Å²) in [5.74, 6) is -1.55. The second-order valence-corrected chi connectivity index (χ2v) is 5.40. The van der Waals surface area contributed by atoms with Crippen molar-refractivity contribution >= 4 is 17.6 Å². The average Bonchev–Trinajstić information content (AvgIpc) is 2.51. The van der Waals surface area contributed by atoms with Crippen LogP contribution in [0.4, 0.5) is 5.69 Å². The molecule has 9 heteroatoms. The zero-order valence-corrected chi connectivity index (χ0v) is 12.9. The van der Waals surface area contributed by atoms with Crippen LogP contribution in [0.3, 0.4) is 0 Å². The van der Waals surface area contributed by atoms with Crippen molar-refractivity contribution in [2.75, 3.05) is 5.73 Å². The van der Waals surface area contributed by atoms with Gasteiger partial charge in [-0.3, -0.25) is 4.79 Å². The number of carbonyl (C=O) groups excluding carboxylic acids is 1. The van der Waals surface area contributed by atoms with Gasteiger partial charge in [-0.2, -0.15) is 0 Å². The van der Waals surface area contributed by atoms with Crippen molar-refractivity contribution in [3.05, 3.63) is 23.8 Å². The minimum Gasteiger partial charge on any atom is -0.479 e. The largest absolute Gasteiger partial charge is 0.479 e. The summed E-state index contributed by atoms with van der Waals surface area (Å²) in [6.45, 7) is 1.33. The molecule has 0 bridgehead atoms. The number of aliphatic hydroxyl groups is 2. The third kappa shape index (κ3) is 4.34. The number of anilines is 1. The Morgan fingerprint density at radius 3 is 2.67 bits per heavy atom. The van der Waals surface area contributed by atoms with Crippen molar-refractivity contribution in [3.63, 3.8) is 0 Å². The van der Waals surface area contributed by atoms with E-state index < -0.39 is 36.5 Å². The Bertz CT molecular complexity index is 619. The molecule has 9 nitrogen and oxygen atoms in total. The first-order valence-electron chi connectivity index (χ1n) is 7.20. The second-order valence-electron chi connectivity index (χ2n) is 5.40. The molecule has 0 unspecified atom stereocenters. The molecule has 0 spiro atoms. The molecule has 1 heterocycles. The lowest BCUT2D eigenvalue weighted by molar-refractivity contribution is -0.238. The van der Waals surface area contributed by atoms with Gasteiger partial charge in [0.2, 0.25) is 6.29 Å². The van der Waals surface area contributed by atoms with Gasteiger partial charge in [0.05, 0.1) is 11.8 Å². The number of nitrogens with two attached hydrogens (primary N) is 1. The summed E-state index contributed by atoms with van der Waals surface area (Å²) < 4.78 is 15.4. The van der Waals surface area contributed by atoms with Gasteiger partial charge in [-0.05, 0) is 17.7 Å². The van der Waals surface area contributed by atoms with Crippen LogP contribution >= 0.6 is 0 Å². The van der Waals surface area contributed by atoms with Gasteiger partial charge < -0.3 is 35.3 Å². The number of aliphatic hydroxyl groups excluding tert-OH is 2. The quantitative estimate of drug-likeness (QED) is 0.416. The van der Waals surface area contributed by atoms with Gasteiger partial charge in [0.25, 0.3) is 0 Å². The second kappa shape index (κ2) is 7.47. The van der Waals surface area contributed by atoms with E-state index in [2.05, 4.69) is 0 Å². The van der Waals surface area contributed by atoms with Gasteiger partial charge in [0, 0.05) is 13.3 Å². The molecule has 0 aromatic heterocycles. The summed E-state index contributed by atoms with van der Waals surface area (Å²) in [6, 6.07) is 4.58. The normalized spacial score (nSPS) is 26.6. The van der Waals surface area contributed by atoms with E-state index in [0.29, 0.717) is 5.56 Å². The fourth-order valence-electron chi connectivity index (χ4n) is 2.20. The molecule has 0 amide bonds. The van der Waals surface area contributed by atoms with Crippen LogP contribution in [0, 0.1) is 0 Å². The molecule has 5 N–H and O–H groups in total. The lowest BCUT2D eigenvalue weighted by Crippen LogP contribution is -2.52. The van der Waals surface area contributed by atoms with Gasteiger partial charge in [-0.15, -0.1) is 0 Å². The summed E-state index contributed by atoms with van der Waals surface area (Å²) in [6.07, 6.45) is -5.63. The van der Waals surface area contributed by atoms with Gasteiger partial charge >= 0.3 is 11.9 Å². The Kier molecular flexibility index (Phi) is 5.60. The minimum absolute atomic E-state index is 0.0438. The molecule has 132 valence electrons. The van der Waals surface area contributed by atoms with E-state index in [1.165, 1.54) is 19.1 Å². The number of esters is 1. The van der Waals surface area contributed by atoms with Gasteiger partial charge in [-0.25, -0.2) is 4.79 Å². The third-order valence-electron chi connectivity index (χ3n) is 3.46. The number of carbonyl (C=O) groups is 2. The summed E-state index contributed by atoms with van der Waals surface area (Å²) in [5.41, 5.74) is 6.65. The average molecular weight is 341 g/mol. The van der Waals surface area contributed by atoms with E-state index >= 15 is 0 Å². The molecule has 1 fully saturated rings. The van der Waals surface area contributed by atoms with Crippen molar-refractivity contribution in [2.45, 2.75) is 44.6 Å². The molecule has 0 radical (unpaired) electrons. The first-order chi connectivity index (χ1) is 11.3. The zero-order chi connectivity index (χ0) is 17.9. The standard InChI is InChI=1S/C15H19NO8/c1-7(17)22-6-8-2-3-11(9(16)4-8)23-15-13(19)10(18)5-12(24-15)14(20)21/h2-4,10,12-13,15,18-19H,5-6,16H2,1H3,(H,20,21)/t10-,12-,13+,15+/m0/s1. The Morgan fingerprint density at radius 1 is 1.38 bits per heavy atom. The first kappa shape index (κ1) is 18.0. The third-order valence-corrected chi connectivity index (χ3v) is 3.46. The molecular weight excluding hydrogens is 322 g/mol. The summed E-state index contributed by atoms with van der Waals surface area (Å²) in [4.78, 5) is 21.8. The number of benzene rings is 1. The van der Waals surface area contributed by atoms with Crippen LogP contribution in [-0.2, 0) is 25.7 Å². The van der Waals surface area contributed by atoms with Crippen LogP contribution in [0.5, 0.6) is 5.75 Å². The molecule has 1 aliphatic rings. The van der Waals surface area contributed by atoms with Crippen molar-refractivity contribution in [3.8, 4) is 5.75 Å². The van der Waals surface area contributed by atoms with Gasteiger partial charge in [0.1, 0.15) is 18.5 Å². The molecule has 4 atom stereocenters. The molecule has 0 saturated carbocycles. The van der Waals surface area contributed by atoms with Crippen LogP contribution in [-0.4, -0.2) is 51.9 Å². The van der Waals surface area contributed by atoms with E-state index in [1.54, 1.807) is 6.07 Å². The Hall–Kier alpha value is -2.36. The molecule has 24 heavy (non-hydrogen) atoms. The van der Waals surface area contributed by atoms with E-state index in [-0.39, 0.29) is 24.5 Å². The number of hydrogen-bond donors (Lipinski definition) is 4. The number of nitrogen functional groups attached to an aromatic ring is 1. The van der Waals surface area contributed by atoms with Crippen LogP contribution in [0.25, 0.3) is 0 Å². The smallest absolute Gasteiger partial charge is 0.333 e. The summed E-state index contributed by atoms with van der Waals surface area (Å²) in [5, 5.41) is 28.6. The van der Waals surface area contributed by atoms with Crippen LogP contribution in [0.15, 0.2) is 18.2 Å². The lowest BCUT2D eigenvalue weighted by atomic mass is 10.0. The molecule has 1 aromatic carbocycles. The monoisotopic (exact) mass is 341 g/mol. The van der Waals surface area contributed by atoms with Crippen LogP contribution in [0.1, 0.15) is 18.9 Å². The molecule has 0 aliphatic carbocycles. The number of carboxylic acid groups (broad SMARTS) is 1. The molecular formula is C15H19NO8. The number of hydrogen-bond acceptors (Lipinski definition) is 8. The number of ether oxygens (including phenoxy) is 3. The highest BCUT2D eigenvalue weighted by Crippen LogP contribution is 2.28. The number of rotatable bonds is 5. The van der Waals surface area contributed by atoms with Crippen molar-refractivity contribution in [1.29, 1.82) is 0 Å². The highest BCUT2D eigenvalue weighted by atomic mass is 16.7. The topological polar surface area (TPSA) is 149 Å². The van der Waals surface area contributed by atoms with Crippen molar-refractivity contribution in [2.24, 2.45) is 0 Å². The molecule has 2 rings (SSSR count). The Morgan fingerprint density at radius 2 is 2.08 bits per heavy atom. The maximum Gasteiger partial charge on any atom is 0.333 e. The van der Waals surface area contributed by atoms with Crippen LogP contribution in [0.2, 0.25) is 0 Å². The fourth-order valence-corrected chi connectivity index (χ4v) is 2.20. The van der Waals surface area contributed by atoms with Crippen molar-refractivity contribution in [1.82, 2.24) is 0 Å². The van der Waals surface area contributed by atoms with Gasteiger partial charge in [-0.1, -0.05) is 6.07 Å². The minimum atomic E-state index is -1.42. The summed E-state index contributed by atoms with van der Waals surface area (Å²) in [7, 11) is 0. The number of carboxylic acids is 1. The van der Waals surface area contributed by atoms with Crippen molar-refractivity contribution < 1.29 is 39.1 Å². The summed E-state index contributed by atoms with van der Waals surface area (Å²) >= 11 is 0. The molecule has 1 aromatic rings. The number of aliphatic carboxylic acids is 1. The van der Waals surface area contributed by atoms with E-state index in [1.807, 2.05) is 0 Å². The Balaban J connectivity index is 2.08. The fraction of sp³-hybridized carbons (Fsp3) is 0.467. The first-order valence-corrected chi connectivity index (χ1v) is 7.20. The van der Waals surface area contributed by atoms with Crippen LogP contribution < -0.4 is 10.5 Å². The van der Waals surface area contributed by atoms with Gasteiger partial charge in [0.15, 0.2) is 6.10 Å². The maximum absolute atomic E-state index is 11.0. The highest BCUT2D eigenvalue weighted by Gasteiger charge is 2.41. The zero-order valence-electron chi connectivity index (χ0n) is 12.9. The van der Waals surface area contributed by atoms with E-state index in [9.17, 15) is 19.8 Å². The SMILES string of the molecule is CC(=O)OCc1ccc(O[C@@H]2O[C@H](C(=O)O)C[C@H](O)[C@H]2O)c(N)c1. The maximum atomic E-state index is 11.0. The predicted molar refractivity (Wildman–Crippen MR) is 79.9 cm³/mol. The van der Waals surface area contributed by atoms with E-state index in [0.717, 1.165) is 0 Å². The molecule has 1 saturated heterocycles. The Labute approximate surface area is 137 Å². The highest BCUT2D eigenvalue weighted by molar-refractivity contribution is 5.72. The van der Waals surface area contributed by atoms with E-state index in [4.69, 9.17) is 25.1 Å². The lowest BCUT2D eigenvalue weighted by Gasteiger charge is -2.35.